The van der Waals surface area contributed by atoms with Crippen LogP contribution in [0.2, 0.25) is 0 Å². The maximum atomic E-state index is 10.2. The van der Waals surface area contributed by atoms with Crippen molar-refractivity contribution in [1.29, 1.82) is 0 Å². The lowest BCUT2D eigenvalue weighted by molar-refractivity contribution is 0.0668. The molecule has 28 heavy (non-hydrogen) atoms. The van der Waals surface area contributed by atoms with E-state index in [1.807, 2.05) is 42.2 Å². The van der Waals surface area contributed by atoms with E-state index in [0.717, 1.165) is 31.6 Å². The van der Waals surface area contributed by atoms with E-state index in [2.05, 4.69) is 29.2 Å². The van der Waals surface area contributed by atoms with Gasteiger partial charge in [-0.05, 0) is 57.6 Å². The third-order valence-electron chi connectivity index (χ3n) is 4.67. The first kappa shape index (κ1) is 22.2. The van der Waals surface area contributed by atoms with Gasteiger partial charge in [-0.25, -0.2) is 0 Å². The minimum atomic E-state index is -0.554. The maximum Gasteiger partial charge on any atom is 0.161 e. The Kier molecular flexibility index (Phi) is 9.27. The fourth-order valence-corrected chi connectivity index (χ4v) is 2.76. The van der Waals surface area contributed by atoms with E-state index in [1.54, 1.807) is 13.3 Å². The molecule has 0 unspecified atom stereocenters. The van der Waals surface area contributed by atoms with Gasteiger partial charge in [-0.3, -0.25) is 4.68 Å². The van der Waals surface area contributed by atoms with E-state index in [0.29, 0.717) is 24.1 Å². The number of benzene rings is 1. The molecule has 0 aliphatic rings. The molecule has 1 aromatic carbocycles. The molecule has 1 atom stereocenters. The predicted octanol–water partition coefficient (Wildman–Crippen LogP) is 2.15. The number of ether oxygens (including phenoxy) is 2. The van der Waals surface area contributed by atoms with Crippen molar-refractivity contribution < 1.29 is 14.6 Å². The van der Waals surface area contributed by atoms with Gasteiger partial charge in [-0.1, -0.05) is 6.07 Å². The van der Waals surface area contributed by atoms with Gasteiger partial charge in [-0.2, -0.15) is 5.10 Å². The normalized spacial score (nSPS) is 12.5. The molecule has 2 aromatic rings. The van der Waals surface area contributed by atoms with E-state index in [4.69, 9.17) is 9.47 Å². The first-order chi connectivity index (χ1) is 13.5. The highest BCUT2D eigenvalue weighted by Gasteiger charge is 2.13. The Hall–Kier alpha value is -2.09. The van der Waals surface area contributed by atoms with Crippen LogP contribution in [0.5, 0.6) is 11.5 Å². The summed E-state index contributed by atoms with van der Waals surface area (Å²) in [4.78, 5) is 2.09. The van der Waals surface area contributed by atoms with Gasteiger partial charge >= 0.3 is 0 Å². The lowest BCUT2D eigenvalue weighted by atomic mass is 10.2. The first-order valence-corrected chi connectivity index (χ1v) is 9.85. The number of rotatable bonds is 13. The van der Waals surface area contributed by atoms with Gasteiger partial charge in [-0.15, -0.1) is 0 Å². The molecule has 7 heteroatoms. The number of aliphatic hydroxyl groups is 1. The average Bonchev–Trinajstić information content (AvgIpc) is 3.19. The molecule has 0 amide bonds. The Balaban J connectivity index is 1.79. The zero-order valence-electron chi connectivity index (χ0n) is 17.5. The van der Waals surface area contributed by atoms with Crippen LogP contribution in [0.4, 0.5) is 0 Å². The second kappa shape index (κ2) is 11.7. The molecule has 1 aromatic heterocycles. The summed E-state index contributed by atoms with van der Waals surface area (Å²) in [6.07, 6.45) is 4.22. The summed E-state index contributed by atoms with van der Waals surface area (Å²) in [5.74, 6) is 1.33. The lowest BCUT2D eigenvalue weighted by Crippen LogP contribution is -2.37. The van der Waals surface area contributed by atoms with Gasteiger partial charge in [0.25, 0.3) is 0 Å². The van der Waals surface area contributed by atoms with Crippen LogP contribution < -0.4 is 14.8 Å². The monoisotopic (exact) mass is 390 g/mol. The molecular weight excluding hydrogens is 356 g/mol. The van der Waals surface area contributed by atoms with Crippen LogP contribution in [0.25, 0.3) is 0 Å². The van der Waals surface area contributed by atoms with Crippen molar-refractivity contribution in [3.63, 3.8) is 0 Å². The van der Waals surface area contributed by atoms with Crippen molar-refractivity contribution in [2.75, 3.05) is 33.9 Å². The van der Waals surface area contributed by atoms with Crippen molar-refractivity contribution in [3.8, 4) is 11.5 Å². The Bertz CT molecular complexity index is 676. The Morgan fingerprint density at radius 1 is 1.29 bits per heavy atom. The maximum absolute atomic E-state index is 10.2. The molecule has 0 aliphatic heterocycles. The van der Waals surface area contributed by atoms with Crippen molar-refractivity contribution in [1.82, 2.24) is 20.0 Å². The summed E-state index contributed by atoms with van der Waals surface area (Å²) in [7, 11) is 3.62. The summed E-state index contributed by atoms with van der Waals surface area (Å²) < 4.78 is 13.2. The number of methoxy groups -OCH3 is 1. The second-order valence-corrected chi connectivity index (χ2v) is 7.28. The Morgan fingerprint density at radius 3 is 2.79 bits per heavy atom. The van der Waals surface area contributed by atoms with Gasteiger partial charge in [0.1, 0.15) is 12.7 Å². The standard InChI is InChI=1S/C21H34N4O3/c1-17(2)24(3)15-19(26)16-28-21-13-18(7-8-20(21)27-4)14-22-9-5-11-25-12-6-10-23-25/h6-8,10,12-13,17,19,22,26H,5,9,11,14-16H2,1-4H3/t19-/m1/s1. The van der Waals surface area contributed by atoms with Crippen LogP contribution in [-0.2, 0) is 13.1 Å². The van der Waals surface area contributed by atoms with E-state index in [-0.39, 0.29) is 6.61 Å². The number of aryl methyl sites for hydroxylation is 1. The molecule has 1 heterocycles. The Labute approximate surface area is 168 Å². The van der Waals surface area contributed by atoms with Gasteiger partial charge in [0.05, 0.1) is 7.11 Å². The van der Waals surface area contributed by atoms with Crippen molar-refractivity contribution in [2.45, 2.75) is 45.5 Å². The van der Waals surface area contributed by atoms with Crippen LogP contribution in [0, 0.1) is 0 Å². The highest BCUT2D eigenvalue weighted by atomic mass is 16.5. The zero-order chi connectivity index (χ0) is 20.4. The van der Waals surface area contributed by atoms with Gasteiger partial charge in [0.2, 0.25) is 0 Å². The van der Waals surface area contributed by atoms with Crippen molar-refractivity contribution in [2.24, 2.45) is 0 Å². The predicted molar refractivity (Wildman–Crippen MR) is 111 cm³/mol. The summed E-state index contributed by atoms with van der Waals surface area (Å²) in [5.41, 5.74) is 1.11. The van der Waals surface area contributed by atoms with Crippen LogP contribution in [-0.4, -0.2) is 65.8 Å². The Morgan fingerprint density at radius 2 is 2.11 bits per heavy atom. The van der Waals surface area contributed by atoms with E-state index >= 15 is 0 Å². The molecule has 0 bridgehead atoms. The minimum absolute atomic E-state index is 0.230. The quantitative estimate of drug-likeness (QED) is 0.511. The summed E-state index contributed by atoms with van der Waals surface area (Å²) >= 11 is 0. The second-order valence-electron chi connectivity index (χ2n) is 7.28. The molecule has 0 aliphatic carbocycles. The molecule has 0 spiro atoms. The molecule has 2 rings (SSSR count). The van der Waals surface area contributed by atoms with Gasteiger partial charge < -0.3 is 24.8 Å². The number of hydrogen-bond acceptors (Lipinski definition) is 6. The average molecular weight is 391 g/mol. The number of nitrogens with zero attached hydrogens (tertiary/aromatic N) is 3. The van der Waals surface area contributed by atoms with Gasteiger partial charge in [0.15, 0.2) is 11.5 Å². The topological polar surface area (TPSA) is 71.8 Å². The minimum Gasteiger partial charge on any atom is -0.493 e. The van der Waals surface area contributed by atoms with E-state index < -0.39 is 6.10 Å². The van der Waals surface area contributed by atoms with Crippen LogP contribution in [0.15, 0.2) is 36.7 Å². The molecule has 0 saturated heterocycles. The van der Waals surface area contributed by atoms with Crippen LogP contribution in [0.1, 0.15) is 25.8 Å². The summed E-state index contributed by atoms with van der Waals surface area (Å²) in [5, 5.41) is 17.9. The van der Waals surface area contributed by atoms with Crippen molar-refractivity contribution >= 4 is 0 Å². The highest BCUT2D eigenvalue weighted by Crippen LogP contribution is 2.28. The largest absolute Gasteiger partial charge is 0.493 e. The molecule has 156 valence electrons. The third-order valence-corrected chi connectivity index (χ3v) is 4.67. The molecule has 0 saturated carbocycles. The molecule has 0 fully saturated rings. The number of hydrogen-bond donors (Lipinski definition) is 2. The fourth-order valence-electron chi connectivity index (χ4n) is 2.76. The van der Waals surface area contributed by atoms with Crippen LogP contribution >= 0.6 is 0 Å². The van der Waals surface area contributed by atoms with Gasteiger partial charge in [0, 0.05) is 38.1 Å². The molecular formula is C21H34N4O3. The number of aromatic nitrogens is 2. The zero-order valence-corrected chi connectivity index (χ0v) is 17.5. The fraction of sp³-hybridized carbons (Fsp3) is 0.571. The summed E-state index contributed by atoms with van der Waals surface area (Å²) in [6, 6.07) is 8.21. The van der Waals surface area contributed by atoms with E-state index in [1.165, 1.54) is 0 Å². The summed E-state index contributed by atoms with van der Waals surface area (Å²) in [6.45, 7) is 7.55. The number of nitrogens with one attached hydrogen (secondary N) is 1. The van der Waals surface area contributed by atoms with Crippen molar-refractivity contribution in [3.05, 3.63) is 42.2 Å². The molecule has 7 nitrogen and oxygen atoms in total. The highest BCUT2D eigenvalue weighted by molar-refractivity contribution is 5.43. The third kappa shape index (κ3) is 7.50. The lowest BCUT2D eigenvalue weighted by Gasteiger charge is -2.24. The number of aliphatic hydroxyl groups excluding tert-OH is 1. The SMILES string of the molecule is COc1ccc(CNCCCn2cccn2)cc1OC[C@H](O)CN(C)C(C)C. The molecule has 0 radical (unpaired) electrons. The number of likely N-dealkylation sites (N-methyl/N-ethyl adjacent to an activating group) is 1. The van der Waals surface area contributed by atoms with Crippen LogP contribution in [0.3, 0.4) is 0 Å². The first-order valence-electron chi connectivity index (χ1n) is 9.85. The smallest absolute Gasteiger partial charge is 0.161 e. The molecule has 2 N–H and O–H groups in total. The van der Waals surface area contributed by atoms with E-state index in [9.17, 15) is 5.11 Å².